The van der Waals surface area contributed by atoms with Gasteiger partial charge in [-0.1, -0.05) is 0 Å². The van der Waals surface area contributed by atoms with Crippen LogP contribution in [0.2, 0.25) is 0 Å². The van der Waals surface area contributed by atoms with Crippen molar-refractivity contribution in [2.24, 2.45) is 5.73 Å². The number of nitrogens with zero attached hydrogens (tertiary/aromatic N) is 2. The first kappa shape index (κ1) is 14.1. The van der Waals surface area contributed by atoms with E-state index in [9.17, 15) is 13.6 Å². The van der Waals surface area contributed by atoms with Gasteiger partial charge >= 0.3 is 0 Å². The van der Waals surface area contributed by atoms with Crippen molar-refractivity contribution in [3.8, 4) is 0 Å². The van der Waals surface area contributed by atoms with Crippen molar-refractivity contribution in [3.05, 3.63) is 17.8 Å². The van der Waals surface area contributed by atoms with Gasteiger partial charge in [-0.3, -0.25) is 4.79 Å². The van der Waals surface area contributed by atoms with Gasteiger partial charge < -0.3 is 21.5 Å². The van der Waals surface area contributed by atoms with Gasteiger partial charge in [0, 0.05) is 6.54 Å². The minimum Gasteiger partial charge on any atom is -0.396 e. The Morgan fingerprint density at radius 1 is 1.50 bits per heavy atom. The minimum atomic E-state index is -2.62. The summed E-state index contributed by atoms with van der Waals surface area (Å²) in [7, 11) is 0. The summed E-state index contributed by atoms with van der Waals surface area (Å²) in [6.07, 6.45) is -2.62. The molecule has 18 heavy (non-hydrogen) atoms. The van der Waals surface area contributed by atoms with E-state index in [1.807, 2.05) is 0 Å². The normalized spacial score (nSPS) is 10.7. The molecule has 6 nitrogen and oxygen atoms in total. The van der Waals surface area contributed by atoms with Crippen molar-refractivity contribution in [2.75, 3.05) is 30.3 Å². The predicted octanol–water partition coefficient (Wildman–Crippen LogP) is -0.174. The number of nitrogen functional groups attached to an aromatic ring is 1. The van der Waals surface area contributed by atoms with Crippen LogP contribution < -0.4 is 16.4 Å². The number of alkyl halides is 2. The first-order valence-electron chi connectivity index (χ1n) is 5.16. The quantitative estimate of drug-likeness (QED) is 0.658. The van der Waals surface area contributed by atoms with Crippen molar-refractivity contribution in [1.82, 2.24) is 4.98 Å². The van der Waals surface area contributed by atoms with Gasteiger partial charge in [0.25, 0.3) is 12.3 Å². The number of halogens is 2. The molecule has 0 bridgehead atoms. The number of hydrogen-bond donors (Lipinski definition) is 3. The third kappa shape index (κ3) is 3.52. The van der Waals surface area contributed by atoms with E-state index in [-0.39, 0.29) is 30.4 Å². The summed E-state index contributed by atoms with van der Waals surface area (Å²) in [5.41, 5.74) is 10.7. The Balaban J connectivity index is 3.09. The minimum absolute atomic E-state index is 0.0145. The summed E-state index contributed by atoms with van der Waals surface area (Å²) in [6.45, 7) is -1.04. The Morgan fingerprint density at radius 3 is 2.67 bits per heavy atom. The van der Waals surface area contributed by atoms with Crippen molar-refractivity contribution in [2.45, 2.75) is 6.43 Å². The van der Waals surface area contributed by atoms with Crippen molar-refractivity contribution in [1.29, 1.82) is 0 Å². The average Bonchev–Trinajstić information content (AvgIpc) is 2.28. The van der Waals surface area contributed by atoms with Gasteiger partial charge in [-0.05, 0) is 12.1 Å². The lowest BCUT2D eigenvalue weighted by Gasteiger charge is -2.23. The maximum Gasteiger partial charge on any atom is 0.267 e. The van der Waals surface area contributed by atoms with Crippen molar-refractivity contribution in [3.63, 3.8) is 0 Å². The fourth-order valence-corrected chi connectivity index (χ4v) is 1.42. The third-order valence-electron chi connectivity index (χ3n) is 2.19. The summed E-state index contributed by atoms with van der Waals surface area (Å²) < 4.78 is 24.8. The van der Waals surface area contributed by atoms with Crippen molar-refractivity contribution < 1.29 is 18.7 Å². The van der Waals surface area contributed by atoms with E-state index in [2.05, 4.69) is 4.98 Å². The fraction of sp³-hybridized carbons (Fsp3) is 0.400. The Morgan fingerprint density at radius 2 is 2.17 bits per heavy atom. The number of primary amides is 1. The van der Waals surface area contributed by atoms with E-state index < -0.39 is 18.9 Å². The number of pyridine rings is 1. The summed E-state index contributed by atoms with van der Waals surface area (Å²) in [5.74, 6) is -0.766. The number of aliphatic hydroxyl groups is 1. The molecule has 0 aliphatic carbocycles. The Kier molecular flexibility index (Phi) is 4.78. The highest BCUT2D eigenvalue weighted by molar-refractivity contribution is 5.91. The third-order valence-corrected chi connectivity index (χ3v) is 2.19. The van der Waals surface area contributed by atoms with E-state index in [4.69, 9.17) is 16.6 Å². The van der Waals surface area contributed by atoms with Crippen LogP contribution in [-0.2, 0) is 0 Å². The van der Waals surface area contributed by atoms with Gasteiger partial charge in [0.05, 0.1) is 18.8 Å². The van der Waals surface area contributed by atoms with Crippen LogP contribution >= 0.6 is 0 Å². The molecular weight excluding hydrogens is 246 g/mol. The first-order valence-corrected chi connectivity index (χ1v) is 5.16. The van der Waals surface area contributed by atoms with Crippen molar-refractivity contribution >= 4 is 17.4 Å². The van der Waals surface area contributed by atoms with Crippen LogP contribution in [0.25, 0.3) is 0 Å². The Labute approximate surface area is 102 Å². The lowest BCUT2D eigenvalue weighted by Crippen LogP contribution is -2.33. The van der Waals surface area contributed by atoms with E-state index in [1.54, 1.807) is 0 Å². The van der Waals surface area contributed by atoms with Gasteiger partial charge in [-0.2, -0.15) is 0 Å². The Hall–Kier alpha value is -1.96. The molecular formula is C10H14F2N4O2. The second-order valence-electron chi connectivity index (χ2n) is 3.53. The van der Waals surface area contributed by atoms with Crippen LogP contribution in [-0.4, -0.2) is 42.1 Å². The number of nitrogens with two attached hydrogens (primary N) is 2. The maximum atomic E-state index is 12.4. The number of amides is 1. The van der Waals surface area contributed by atoms with Crippen LogP contribution in [0.3, 0.4) is 0 Å². The molecule has 1 aromatic rings. The first-order chi connectivity index (χ1) is 8.45. The van der Waals surface area contributed by atoms with Crippen LogP contribution in [0.1, 0.15) is 10.5 Å². The van der Waals surface area contributed by atoms with E-state index in [1.165, 1.54) is 12.1 Å². The van der Waals surface area contributed by atoms with Crippen LogP contribution in [0.5, 0.6) is 0 Å². The summed E-state index contributed by atoms with van der Waals surface area (Å²) in [5, 5.41) is 8.83. The maximum absolute atomic E-state index is 12.4. The lowest BCUT2D eigenvalue weighted by atomic mass is 10.3. The van der Waals surface area contributed by atoms with Gasteiger partial charge in [0.1, 0.15) is 5.69 Å². The topological polar surface area (TPSA) is 105 Å². The fourth-order valence-electron chi connectivity index (χ4n) is 1.42. The molecule has 0 aliphatic rings. The number of carbonyl (C=O) groups excluding carboxylic acids is 1. The molecule has 0 aromatic carbocycles. The molecule has 1 amide bonds. The second kappa shape index (κ2) is 6.10. The SMILES string of the molecule is NC(=O)c1ccc(N)c(N(CCO)CC(F)F)n1. The largest absolute Gasteiger partial charge is 0.396 e. The van der Waals surface area contributed by atoms with E-state index >= 15 is 0 Å². The smallest absolute Gasteiger partial charge is 0.267 e. The zero-order valence-electron chi connectivity index (χ0n) is 9.51. The standard InChI is InChI=1S/C10H14F2N4O2/c11-8(12)5-16(3-4-17)10-6(13)1-2-7(15-10)9(14)18/h1-2,8,17H,3-5,13H2,(H2,14,18). The molecule has 100 valence electrons. The molecule has 1 heterocycles. The van der Waals surface area contributed by atoms with Gasteiger partial charge in [-0.15, -0.1) is 0 Å². The number of rotatable bonds is 6. The predicted molar refractivity (Wildman–Crippen MR) is 62.5 cm³/mol. The molecule has 1 rings (SSSR count). The summed E-state index contributed by atoms with van der Waals surface area (Å²) in [4.78, 5) is 15.9. The molecule has 8 heteroatoms. The monoisotopic (exact) mass is 260 g/mol. The molecule has 5 N–H and O–H groups in total. The highest BCUT2D eigenvalue weighted by Crippen LogP contribution is 2.21. The summed E-state index contributed by atoms with van der Waals surface area (Å²) >= 11 is 0. The zero-order chi connectivity index (χ0) is 13.7. The molecule has 0 fully saturated rings. The van der Waals surface area contributed by atoms with E-state index in [0.717, 1.165) is 4.90 Å². The molecule has 0 unspecified atom stereocenters. The second-order valence-corrected chi connectivity index (χ2v) is 3.53. The zero-order valence-corrected chi connectivity index (χ0v) is 9.51. The summed E-state index contributed by atoms with van der Waals surface area (Å²) in [6, 6.07) is 2.67. The highest BCUT2D eigenvalue weighted by atomic mass is 19.3. The van der Waals surface area contributed by atoms with E-state index in [0.29, 0.717) is 0 Å². The highest BCUT2D eigenvalue weighted by Gasteiger charge is 2.17. The Bertz CT molecular complexity index is 428. The van der Waals surface area contributed by atoms with Crippen LogP contribution in [0.4, 0.5) is 20.3 Å². The molecule has 1 aromatic heterocycles. The molecule has 0 saturated carbocycles. The van der Waals surface area contributed by atoms with Gasteiger partial charge in [0.2, 0.25) is 0 Å². The van der Waals surface area contributed by atoms with Gasteiger partial charge in [-0.25, -0.2) is 13.8 Å². The number of hydrogen-bond acceptors (Lipinski definition) is 5. The van der Waals surface area contributed by atoms with Gasteiger partial charge in [0.15, 0.2) is 5.82 Å². The number of aliphatic hydroxyl groups excluding tert-OH is 1. The number of carbonyl (C=O) groups is 1. The molecule has 0 spiro atoms. The number of aromatic nitrogens is 1. The number of anilines is 2. The van der Waals surface area contributed by atoms with Crippen LogP contribution in [0, 0.1) is 0 Å². The van der Waals surface area contributed by atoms with Crippen LogP contribution in [0.15, 0.2) is 12.1 Å². The molecule has 0 aliphatic heterocycles. The average molecular weight is 260 g/mol. The molecule has 0 saturated heterocycles. The molecule has 0 atom stereocenters. The lowest BCUT2D eigenvalue weighted by molar-refractivity contribution is 0.0995. The molecule has 0 radical (unpaired) electrons.